The molecule has 0 unspecified atom stereocenters. The van der Waals surface area contributed by atoms with Crippen LogP contribution in [0.15, 0.2) is 18.2 Å². The minimum atomic E-state index is -0.553. The molecule has 1 aromatic carbocycles. The van der Waals surface area contributed by atoms with Crippen LogP contribution in [0.1, 0.15) is 42.5 Å². The zero-order valence-electron chi connectivity index (χ0n) is 12.5. The van der Waals surface area contributed by atoms with Gasteiger partial charge in [0, 0.05) is 21.7 Å². The quantitative estimate of drug-likeness (QED) is 0.425. The molecule has 1 fully saturated rings. The molecule has 1 aliphatic rings. The minimum Gasteiger partial charge on any atom is -0.352 e. The highest BCUT2D eigenvalue weighted by atomic mass is 127. The van der Waals surface area contributed by atoms with Gasteiger partial charge in [0.2, 0.25) is 5.91 Å². The van der Waals surface area contributed by atoms with Gasteiger partial charge in [-0.3, -0.25) is 19.7 Å². The third-order valence-electron chi connectivity index (χ3n) is 3.79. The van der Waals surface area contributed by atoms with Gasteiger partial charge in [-0.05, 0) is 41.5 Å². The van der Waals surface area contributed by atoms with Crippen LogP contribution >= 0.6 is 22.6 Å². The maximum absolute atomic E-state index is 12.1. The number of benzene rings is 1. The van der Waals surface area contributed by atoms with Crippen molar-refractivity contribution in [3.05, 3.63) is 37.4 Å². The second kappa shape index (κ2) is 8.23. The average Bonchev–Trinajstić information content (AvgIpc) is 2.53. The SMILES string of the molecule is O=C(CNC(=O)c1cc([N+](=O)[O-])ccc1I)NC1CCCCC1. The van der Waals surface area contributed by atoms with E-state index in [0.29, 0.717) is 3.57 Å². The lowest BCUT2D eigenvalue weighted by atomic mass is 9.95. The number of hydrogen-bond acceptors (Lipinski definition) is 4. The van der Waals surface area contributed by atoms with Crippen LogP contribution in [0.4, 0.5) is 5.69 Å². The molecule has 1 aromatic rings. The number of nitrogens with zero attached hydrogens (tertiary/aromatic N) is 1. The van der Waals surface area contributed by atoms with Crippen molar-refractivity contribution in [1.82, 2.24) is 10.6 Å². The zero-order valence-corrected chi connectivity index (χ0v) is 14.7. The van der Waals surface area contributed by atoms with Gasteiger partial charge in [0.1, 0.15) is 0 Å². The van der Waals surface area contributed by atoms with Gasteiger partial charge in [-0.2, -0.15) is 0 Å². The van der Waals surface area contributed by atoms with Crippen molar-refractivity contribution in [3.8, 4) is 0 Å². The predicted molar refractivity (Wildman–Crippen MR) is 93.2 cm³/mol. The van der Waals surface area contributed by atoms with E-state index in [1.807, 2.05) is 22.6 Å². The van der Waals surface area contributed by atoms with E-state index in [9.17, 15) is 19.7 Å². The summed E-state index contributed by atoms with van der Waals surface area (Å²) in [6.07, 6.45) is 5.38. The topological polar surface area (TPSA) is 101 Å². The van der Waals surface area contributed by atoms with Crippen molar-refractivity contribution in [2.24, 2.45) is 0 Å². The Kier molecular flexibility index (Phi) is 6.31. The van der Waals surface area contributed by atoms with Crippen molar-refractivity contribution >= 4 is 40.1 Å². The Morgan fingerprint density at radius 3 is 2.61 bits per heavy atom. The van der Waals surface area contributed by atoms with Crippen LogP contribution < -0.4 is 10.6 Å². The van der Waals surface area contributed by atoms with Crippen LogP contribution in [0, 0.1) is 13.7 Å². The number of halogens is 1. The summed E-state index contributed by atoms with van der Waals surface area (Å²) in [7, 11) is 0. The van der Waals surface area contributed by atoms with Gasteiger partial charge in [0.25, 0.3) is 11.6 Å². The standard InChI is InChI=1S/C15H18IN3O4/c16-13-7-6-11(19(22)23)8-12(13)15(21)17-9-14(20)18-10-4-2-1-3-5-10/h6-8,10H,1-5,9H2,(H,17,21)(H,18,20). The lowest BCUT2D eigenvalue weighted by Gasteiger charge is -2.22. The summed E-state index contributed by atoms with van der Waals surface area (Å²) in [6, 6.07) is 4.26. The smallest absolute Gasteiger partial charge is 0.270 e. The molecule has 1 aliphatic carbocycles. The molecule has 0 bridgehead atoms. The second-order valence-electron chi connectivity index (χ2n) is 5.51. The average molecular weight is 431 g/mol. The normalized spacial score (nSPS) is 15.0. The Morgan fingerprint density at radius 1 is 1.26 bits per heavy atom. The number of amides is 2. The van der Waals surface area contributed by atoms with Gasteiger partial charge in [-0.1, -0.05) is 19.3 Å². The first-order chi connectivity index (χ1) is 11.0. The largest absolute Gasteiger partial charge is 0.352 e. The molecule has 124 valence electrons. The first-order valence-corrected chi connectivity index (χ1v) is 8.57. The molecule has 2 N–H and O–H groups in total. The summed E-state index contributed by atoms with van der Waals surface area (Å²) >= 11 is 1.93. The number of carbonyl (C=O) groups is 2. The number of carbonyl (C=O) groups excluding carboxylic acids is 2. The molecule has 0 atom stereocenters. The van der Waals surface area contributed by atoms with Gasteiger partial charge in [0.15, 0.2) is 0 Å². The minimum absolute atomic E-state index is 0.131. The summed E-state index contributed by atoms with van der Waals surface area (Å²) in [4.78, 5) is 34.2. The van der Waals surface area contributed by atoms with Crippen molar-refractivity contribution in [2.45, 2.75) is 38.1 Å². The van der Waals surface area contributed by atoms with E-state index in [1.54, 1.807) is 0 Å². The highest BCUT2D eigenvalue weighted by Gasteiger charge is 2.18. The molecular formula is C15H18IN3O4. The van der Waals surface area contributed by atoms with Gasteiger partial charge in [-0.15, -0.1) is 0 Å². The number of nitro benzene ring substituents is 1. The van der Waals surface area contributed by atoms with Gasteiger partial charge in [-0.25, -0.2) is 0 Å². The molecule has 0 radical (unpaired) electrons. The molecule has 2 amide bonds. The van der Waals surface area contributed by atoms with E-state index in [4.69, 9.17) is 0 Å². The number of non-ortho nitro benzene ring substituents is 1. The fourth-order valence-corrected chi connectivity index (χ4v) is 3.16. The van der Waals surface area contributed by atoms with Crippen molar-refractivity contribution in [2.75, 3.05) is 6.54 Å². The van der Waals surface area contributed by atoms with Crippen LogP contribution in [0.25, 0.3) is 0 Å². The number of hydrogen-bond donors (Lipinski definition) is 2. The summed E-state index contributed by atoms with van der Waals surface area (Å²) in [5.41, 5.74) is 0.0486. The van der Waals surface area contributed by atoms with Crippen molar-refractivity contribution in [3.63, 3.8) is 0 Å². The highest BCUT2D eigenvalue weighted by molar-refractivity contribution is 14.1. The summed E-state index contributed by atoms with van der Waals surface area (Å²) in [6.45, 7) is -0.131. The zero-order chi connectivity index (χ0) is 16.8. The van der Waals surface area contributed by atoms with Crippen molar-refractivity contribution in [1.29, 1.82) is 0 Å². The van der Waals surface area contributed by atoms with Gasteiger partial charge in [0.05, 0.1) is 17.0 Å². The Labute approximate surface area is 147 Å². The molecule has 2 rings (SSSR count). The maximum atomic E-state index is 12.1. The van der Waals surface area contributed by atoms with Crippen molar-refractivity contribution < 1.29 is 14.5 Å². The Balaban J connectivity index is 1.90. The molecule has 23 heavy (non-hydrogen) atoms. The molecule has 7 nitrogen and oxygen atoms in total. The molecule has 0 spiro atoms. The molecule has 0 heterocycles. The highest BCUT2D eigenvalue weighted by Crippen LogP contribution is 2.19. The van der Waals surface area contributed by atoms with Gasteiger partial charge >= 0.3 is 0 Å². The van der Waals surface area contributed by atoms with Crippen LogP contribution in [-0.2, 0) is 4.79 Å². The summed E-state index contributed by atoms with van der Waals surface area (Å²) in [5, 5.41) is 16.2. The van der Waals surface area contributed by atoms with Crippen LogP contribution in [0.5, 0.6) is 0 Å². The molecule has 8 heteroatoms. The Hall–Kier alpha value is -1.71. The summed E-state index contributed by atoms with van der Waals surface area (Å²) in [5.74, 6) is -0.720. The van der Waals surface area contributed by atoms with Crippen LogP contribution in [-0.4, -0.2) is 29.3 Å². The fraction of sp³-hybridized carbons (Fsp3) is 0.467. The molecule has 0 aromatic heterocycles. The molecule has 0 aliphatic heterocycles. The molecule has 0 saturated heterocycles. The lowest BCUT2D eigenvalue weighted by molar-refractivity contribution is -0.384. The van der Waals surface area contributed by atoms with E-state index in [1.165, 1.54) is 24.6 Å². The van der Waals surface area contributed by atoms with Gasteiger partial charge < -0.3 is 10.6 Å². The first kappa shape index (κ1) is 17.6. The maximum Gasteiger partial charge on any atom is 0.270 e. The Morgan fingerprint density at radius 2 is 1.96 bits per heavy atom. The second-order valence-corrected chi connectivity index (χ2v) is 6.67. The number of nitrogens with one attached hydrogen (secondary N) is 2. The number of nitro groups is 1. The van der Waals surface area contributed by atoms with E-state index in [-0.39, 0.29) is 29.7 Å². The fourth-order valence-electron chi connectivity index (χ4n) is 2.58. The van der Waals surface area contributed by atoms with Crippen LogP contribution in [0.2, 0.25) is 0 Å². The number of rotatable bonds is 5. The van der Waals surface area contributed by atoms with Crippen LogP contribution in [0.3, 0.4) is 0 Å². The van der Waals surface area contributed by atoms with E-state index in [2.05, 4.69) is 10.6 Å². The van der Waals surface area contributed by atoms with E-state index >= 15 is 0 Å². The molecular weight excluding hydrogens is 413 g/mol. The third kappa shape index (κ3) is 5.15. The monoisotopic (exact) mass is 431 g/mol. The third-order valence-corrected chi connectivity index (χ3v) is 4.73. The van der Waals surface area contributed by atoms with E-state index in [0.717, 1.165) is 25.7 Å². The Bertz CT molecular complexity index is 615. The summed E-state index contributed by atoms with van der Waals surface area (Å²) < 4.78 is 0.596. The predicted octanol–water partition coefficient (Wildman–Crippen LogP) is 2.38. The lowest BCUT2D eigenvalue weighted by Crippen LogP contribution is -2.42. The molecule has 1 saturated carbocycles. The van der Waals surface area contributed by atoms with E-state index < -0.39 is 10.8 Å². The first-order valence-electron chi connectivity index (χ1n) is 7.49.